The third kappa shape index (κ3) is 1.55. The second-order valence-corrected chi connectivity index (χ2v) is 3.24. The minimum absolute atomic E-state index is 0.340. The summed E-state index contributed by atoms with van der Waals surface area (Å²) in [4.78, 5) is 8.01. The summed E-state index contributed by atoms with van der Waals surface area (Å²) in [6.07, 6.45) is 5.67. The average molecular weight is 192 g/mol. The summed E-state index contributed by atoms with van der Waals surface area (Å²) in [6, 6.07) is 0. The van der Waals surface area contributed by atoms with Gasteiger partial charge in [0.25, 0.3) is 0 Å². The molecule has 74 valence electrons. The fraction of sp³-hybridized carbons (Fsp3) is 0.400. The molecule has 0 bridgehead atoms. The fourth-order valence-electron chi connectivity index (χ4n) is 1.14. The normalized spacial score (nSPS) is 13.0. The van der Waals surface area contributed by atoms with Crippen LogP contribution >= 0.6 is 0 Å². The zero-order chi connectivity index (χ0) is 9.97. The molecule has 1 unspecified atom stereocenters. The van der Waals surface area contributed by atoms with Crippen LogP contribution in [0.4, 0.5) is 0 Å². The molecule has 2 aromatic heterocycles. The van der Waals surface area contributed by atoms with Gasteiger partial charge in [-0.05, 0) is 6.42 Å². The van der Waals surface area contributed by atoms with Crippen molar-refractivity contribution in [3.63, 3.8) is 0 Å². The molecule has 1 atom stereocenters. The van der Waals surface area contributed by atoms with Gasteiger partial charge in [0.05, 0.1) is 12.4 Å². The van der Waals surface area contributed by atoms with Crippen LogP contribution < -0.4 is 0 Å². The predicted molar refractivity (Wildman–Crippen MR) is 50.7 cm³/mol. The van der Waals surface area contributed by atoms with Crippen molar-refractivity contribution in [1.82, 2.24) is 9.97 Å². The maximum Gasteiger partial charge on any atom is 0.197 e. The maximum absolute atomic E-state index is 5.54. The first kappa shape index (κ1) is 8.99. The molecule has 0 spiro atoms. The lowest BCUT2D eigenvalue weighted by molar-refractivity contribution is 0.448. The molecule has 0 saturated carbocycles. The molecule has 0 fully saturated rings. The Bertz CT molecular complexity index is 392. The van der Waals surface area contributed by atoms with E-state index in [1.165, 1.54) is 6.39 Å². The molecule has 0 aliphatic heterocycles. The van der Waals surface area contributed by atoms with Crippen molar-refractivity contribution in [3.8, 4) is 11.5 Å². The number of oxazole rings is 2. The zero-order valence-electron chi connectivity index (χ0n) is 8.23. The Balaban J connectivity index is 2.26. The molecular formula is C10H12N2O2. The molecule has 4 heteroatoms. The van der Waals surface area contributed by atoms with Crippen molar-refractivity contribution in [2.24, 2.45) is 0 Å². The van der Waals surface area contributed by atoms with Crippen LogP contribution in [0.5, 0.6) is 0 Å². The highest BCUT2D eigenvalue weighted by Gasteiger charge is 2.12. The summed E-state index contributed by atoms with van der Waals surface area (Å²) in [5.41, 5.74) is 0. The van der Waals surface area contributed by atoms with E-state index in [2.05, 4.69) is 23.8 Å². The van der Waals surface area contributed by atoms with Gasteiger partial charge >= 0.3 is 0 Å². The Hall–Kier alpha value is -1.58. The van der Waals surface area contributed by atoms with Gasteiger partial charge in [-0.2, -0.15) is 0 Å². The fourth-order valence-corrected chi connectivity index (χ4v) is 1.14. The number of hydrogen-bond donors (Lipinski definition) is 0. The first-order valence-electron chi connectivity index (χ1n) is 4.66. The zero-order valence-corrected chi connectivity index (χ0v) is 8.23. The van der Waals surface area contributed by atoms with E-state index in [0.29, 0.717) is 17.4 Å². The van der Waals surface area contributed by atoms with Crippen molar-refractivity contribution >= 4 is 0 Å². The second kappa shape index (κ2) is 3.65. The Morgan fingerprint density at radius 2 is 2.21 bits per heavy atom. The third-order valence-corrected chi connectivity index (χ3v) is 2.23. The van der Waals surface area contributed by atoms with Crippen LogP contribution in [0.1, 0.15) is 32.1 Å². The van der Waals surface area contributed by atoms with Crippen molar-refractivity contribution in [1.29, 1.82) is 0 Å². The Morgan fingerprint density at radius 3 is 2.86 bits per heavy atom. The molecule has 0 N–H and O–H groups in total. The minimum atomic E-state index is 0.340. The SMILES string of the molecule is CCC(C)c1ncc(-c2cnco2)o1. The van der Waals surface area contributed by atoms with E-state index in [1.807, 2.05) is 0 Å². The van der Waals surface area contributed by atoms with Gasteiger partial charge in [0, 0.05) is 5.92 Å². The summed E-state index contributed by atoms with van der Waals surface area (Å²) >= 11 is 0. The lowest BCUT2D eigenvalue weighted by Gasteiger charge is -2.00. The van der Waals surface area contributed by atoms with Crippen LogP contribution in [0.2, 0.25) is 0 Å². The van der Waals surface area contributed by atoms with E-state index in [4.69, 9.17) is 8.83 Å². The standard InChI is InChI=1S/C10H12N2O2/c1-3-7(2)10-12-5-9(14-10)8-4-11-6-13-8/h4-7H,3H2,1-2H3. The first-order valence-corrected chi connectivity index (χ1v) is 4.66. The topological polar surface area (TPSA) is 52.1 Å². The molecule has 2 aromatic rings. The number of rotatable bonds is 3. The van der Waals surface area contributed by atoms with Crippen molar-refractivity contribution in [2.75, 3.05) is 0 Å². The third-order valence-electron chi connectivity index (χ3n) is 2.23. The second-order valence-electron chi connectivity index (χ2n) is 3.24. The van der Waals surface area contributed by atoms with Crippen molar-refractivity contribution in [2.45, 2.75) is 26.2 Å². The number of aromatic nitrogens is 2. The van der Waals surface area contributed by atoms with Crippen LogP contribution in [0.3, 0.4) is 0 Å². The van der Waals surface area contributed by atoms with E-state index < -0.39 is 0 Å². The van der Waals surface area contributed by atoms with Gasteiger partial charge in [0.15, 0.2) is 23.8 Å². The summed E-state index contributed by atoms with van der Waals surface area (Å²) < 4.78 is 10.6. The van der Waals surface area contributed by atoms with Crippen LogP contribution in [-0.4, -0.2) is 9.97 Å². The number of nitrogens with zero attached hydrogens (tertiary/aromatic N) is 2. The highest BCUT2D eigenvalue weighted by Crippen LogP contribution is 2.24. The molecule has 2 rings (SSSR count). The molecule has 4 nitrogen and oxygen atoms in total. The number of hydrogen-bond acceptors (Lipinski definition) is 4. The van der Waals surface area contributed by atoms with Gasteiger partial charge in [-0.1, -0.05) is 13.8 Å². The van der Waals surface area contributed by atoms with Crippen LogP contribution in [0.15, 0.2) is 27.6 Å². The van der Waals surface area contributed by atoms with Gasteiger partial charge < -0.3 is 8.83 Å². The van der Waals surface area contributed by atoms with Gasteiger partial charge in [0.2, 0.25) is 0 Å². The van der Waals surface area contributed by atoms with E-state index in [-0.39, 0.29) is 0 Å². The molecule has 14 heavy (non-hydrogen) atoms. The summed E-state index contributed by atoms with van der Waals surface area (Å²) in [7, 11) is 0. The van der Waals surface area contributed by atoms with E-state index in [9.17, 15) is 0 Å². The van der Waals surface area contributed by atoms with Gasteiger partial charge in [-0.15, -0.1) is 0 Å². The molecule has 0 radical (unpaired) electrons. The first-order chi connectivity index (χ1) is 6.81. The molecule has 0 aromatic carbocycles. The Morgan fingerprint density at radius 1 is 1.36 bits per heavy atom. The van der Waals surface area contributed by atoms with Crippen molar-refractivity contribution < 1.29 is 8.83 Å². The molecule has 0 saturated heterocycles. The maximum atomic E-state index is 5.54. The van der Waals surface area contributed by atoms with Crippen LogP contribution in [0, 0.1) is 0 Å². The summed E-state index contributed by atoms with van der Waals surface area (Å²) in [5.74, 6) is 2.34. The van der Waals surface area contributed by atoms with E-state index >= 15 is 0 Å². The van der Waals surface area contributed by atoms with Crippen LogP contribution in [0.25, 0.3) is 11.5 Å². The molecular weight excluding hydrogens is 180 g/mol. The van der Waals surface area contributed by atoms with Gasteiger partial charge in [0.1, 0.15) is 0 Å². The average Bonchev–Trinajstić information content (AvgIpc) is 2.86. The van der Waals surface area contributed by atoms with Crippen molar-refractivity contribution in [3.05, 3.63) is 24.7 Å². The minimum Gasteiger partial charge on any atom is -0.440 e. The Labute approximate surface area is 82.0 Å². The predicted octanol–water partition coefficient (Wildman–Crippen LogP) is 2.84. The smallest absolute Gasteiger partial charge is 0.197 e. The van der Waals surface area contributed by atoms with Gasteiger partial charge in [-0.25, -0.2) is 9.97 Å². The lowest BCUT2D eigenvalue weighted by Crippen LogP contribution is -1.89. The highest BCUT2D eigenvalue weighted by molar-refractivity contribution is 5.46. The van der Waals surface area contributed by atoms with Gasteiger partial charge in [-0.3, -0.25) is 0 Å². The molecule has 0 aliphatic rings. The summed E-state index contributed by atoms with van der Waals surface area (Å²) in [6.45, 7) is 4.18. The highest BCUT2D eigenvalue weighted by atomic mass is 16.4. The summed E-state index contributed by atoms with van der Waals surface area (Å²) in [5, 5.41) is 0. The molecule has 2 heterocycles. The van der Waals surface area contributed by atoms with E-state index in [0.717, 1.165) is 12.3 Å². The monoisotopic (exact) mass is 192 g/mol. The largest absolute Gasteiger partial charge is 0.440 e. The molecule has 0 aliphatic carbocycles. The Kier molecular flexibility index (Phi) is 2.35. The quantitative estimate of drug-likeness (QED) is 0.750. The van der Waals surface area contributed by atoms with E-state index in [1.54, 1.807) is 12.4 Å². The molecule has 0 amide bonds. The lowest BCUT2D eigenvalue weighted by atomic mass is 10.1. The van der Waals surface area contributed by atoms with Crippen LogP contribution in [-0.2, 0) is 0 Å².